The van der Waals surface area contributed by atoms with Gasteiger partial charge in [0.1, 0.15) is 11.6 Å². The summed E-state index contributed by atoms with van der Waals surface area (Å²) < 4.78 is 7.59. The molecule has 1 aromatic heterocycles. The highest BCUT2D eigenvalue weighted by molar-refractivity contribution is 5.34. The van der Waals surface area contributed by atoms with Crippen LogP contribution in [-0.2, 0) is 20.0 Å². The molecular formula is C17H23N3O. The van der Waals surface area contributed by atoms with Crippen molar-refractivity contribution >= 4 is 0 Å². The van der Waals surface area contributed by atoms with Crippen molar-refractivity contribution in [3.8, 4) is 5.75 Å². The zero-order chi connectivity index (χ0) is 14.7. The SMILES string of the molecule is COc1ccccc1CC1CCCN1Cc1nccn1C. The highest BCUT2D eigenvalue weighted by Crippen LogP contribution is 2.26. The van der Waals surface area contributed by atoms with Crippen LogP contribution in [0, 0.1) is 0 Å². The van der Waals surface area contributed by atoms with Gasteiger partial charge in [0.25, 0.3) is 0 Å². The van der Waals surface area contributed by atoms with Gasteiger partial charge in [0.05, 0.1) is 13.7 Å². The molecule has 21 heavy (non-hydrogen) atoms. The number of likely N-dealkylation sites (tertiary alicyclic amines) is 1. The molecule has 1 aromatic carbocycles. The minimum Gasteiger partial charge on any atom is -0.496 e. The Morgan fingerprint density at radius 1 is 1.33 bits per heavy atom. The van der Waals surface area contributed by atoms with Gasteiger partial charge >= 0.3 is 0 Å². The number of aryl methyl sites for hydroxylation is 1. The Labute approximate surface area is 126 Å². The number of hydrogen-bond donors (Lipinski definition) is 0. The van der Waals surface area contributed by atoms with E-state index in [0.29, 0.717) is 6.04 Å². The first-order valence-corrected chi connectivity index (χ1v) is 7.60. The highest BCUT2D eigenvalue weighted by Gasteiger charge is 2.26. The van der Waals surface area contributed by atoms with E-state index in [1.54, 1.807) is 7.11 Å². The van der Waals surface area contributed by atoms with Crippen molar-refractivity contribution in [2.24, 2.45) is 7.05 Å². The third-order valence-electron chi connectivity index (χ3n) is 4.41. The Balaban J connectivity index is 1.71. The van der Waals surface area contributed by atoms with Crippen LogP contribution in [0.3, 0.4) is 0 Å². The number of ether oxygens (including phenoxy) is 1. The zero-order valence-electron chi connectivity index (χ0n) is 12.8. The molecule has 4 nitrogen and oxygen atoms in total. The van der Waals surface area contributed by atoms with Crippen LogP contribution in [0.2, 0.25) is 0 Å². The summed E-state index contributed by atoms with van der Waals surface area (Å²) in [5.74, 6) is 2.14. The zero-order valence-corrected chi connectivity index (χ0v) is 12.8. The van der Waals surface area contributed by atoms with Crippen molar-refractivity contribution in [1.29, 1.82) is 0 Å². The molecule has 2 heterocycles. The molecule has 0 amide bonds. The van der Waals surface area contributed by atoms with E-state index in [9.17, 15) is 0 Å². The summed E-state index contributed by atoms with van der Waals surface area (Å²) in [7, 11) is 3.81. The highest BCUT2D eigenvalue weighted by atomic mass is 16.5. The van der Waals surface area contributed by atoms with Crippen molar-refractivity contribution in [2.75, 3.05) is 13.7 Å². The molecule has 0 N–H and O–H groups in total. The molecule has 0 saturated carbocycles. The van der Waals surface area contributed by atoms with Gasteiger partial charge in [-0.05, 0) is 37.4 Å². The Kier molecular flexibility index (Phi) is 4.25. The predicted octanol–water partition coefficient (Wildman–Crippen LogP) is 2.64. The molecule has 1 saturated heterocycles. The number of methoxy groups -OCH3 is 1. The summed E-state index contributed by atoms with van der Waals surface area (Å²) in [5.41, 5.74) is 1.30. The number of para-hydroxylation sites is 1. The van der Waals surface area contributed by atoms with Crippen molar-refractivity contribution in [1.82, 2.24) is 14.5 Å². The first-order chi connectivity index (χ1) is 10.3. The van der Waals surface area contributed by atoms with Crippen LogP contribution in [0.15, 0.2) is 36.7 Å². The maximum Gasteiger partial charge on any atom is 0.122 e. The van der Waals surface area contributed by atoms with Crippen LogP contribution in [0.5, 0.6) is 5.75 Å². The molecule has 4 heteroatoms. The van der Waals surface area contributed by atoms with E-state index >= 15 is 0 Å². The van der Waals surface area contributed by atoms with Gasteiger partial charge in [-0.1, -0.05) is 18.2 Å². The molecule has 1 aliphatic heterocycles. The van der Waals surface area contributed by atoms with Crippen LogP contribution < -0.4 is 4.74 Å². The lowest BCUT2D eigenvalue weighted by Crippen LogP contribution is -2.31. The minimum absolute atomic E-state index is 0.581. The van der Waals surface area contributed by atoms with E-state index < -0.39 is 0 Å². The van der Waals surface area contributed by atoms with Crippen molar-refractivity contribution in [2.45, 2.75) is 31.8 Å². The van der Waals surface area contributed by atoms with Gasteiger partial charge in [-0.25, -0.2) is 4.98 Å². The van der Waals surface area contributed by atoms with Gasteiger partial charge in [-0.2, -0.15) is 0 Å². The second-order valence-electron chi connectivity index (χ2n) is 5.74. The van der Waals surface area contributed by atoms with Crippen molar-refractivity contribution in [3.63, 3.8) is 0 Å². The monoisotopic (exact) mass is 285 g/mol. The molecule has 112 valence electrons. The number of hydrogen-bond acceptors (Lipinski definition) is 3. The lowest BCUT2D eigenvalue weighted by molar-refractivity contribution is 0.234. The fraction of sp³-hybridized carbons (Fsp3) is 0.471. The summed E-state index contributed by atoms with van der Waals surface area (Å²) in [6.45, 7) is 2.09. The average Bonchev–Trinajstić information content (AvgIpc) is 3.10. The lowest BCUT2D eigenvalue weighted by Gasteiger charge is -2.24. The molecule has 0 aliphatic carbocycles. The van der Waals surface area contributed by atoms with Crippen LogP contribution >= 0.6 is 0 Å². The van der Waals surface area contributed by atoms with Gasteiger partial charge in [0.15, 0.2) is 0 Å². The summed E-state index contributed by atoms with van der Waals surface area (Å²) in [6, 6.07) is 8.93. The van der Waals surface area contributed by atoms with Gasteiger partial charge < -0.3 is 9.30 Å². The number of imidazole rings is 1. The second kappa shape index (κ2) is 6.31. The van der Waals surface area contributed by atoms with Crippen molar-refractivity contribution < 1.29 is 4.74 Å². The van der Waals surface area contributed by atoms with E-state index in [-0.39, 0.29) is 0 Å². The quantitative estimate of drug-likeness (QED) is 0.846. The standard InChI is InChI=1S/C17H23N3O/c1-19-11-9-18-17(19)13-20-10-5-7-15(20)12-14-6-3-4-8-16(14)21-2/h3-4,6,8-9,11,15H,5,7,10,12-13H2,1-2H3. The lowest BCUT2D eigenvalue weighted by atomic mass is 10.0. The average molecular weight is 285 g/mol. The molecule has 2 aromatic rings. The summed E-state index contributed by atoms with van der Waals surface area (Å²) in [5, 5.41) is 0. The molecule has 1 aliphatic rings. The maximum absolute atomic E-state index is 5.48. The molecular weight excluding hydrogens is 262 g/mol. The molecule has 1 unspecified atom stereocenters. The van der Waals surface area contributed by atoms with Crippen LogP contribution in [0.4, 0.5) is 0 Å². The Morgan fingerprint density at radius 2 is 2.19 bits per heavy atom. The molecule has 1 atom stereocenters. The van der Waals surface area contributed by atoms with Gasteiger partial charge in [0.2, 0.25) is 0 Å². The molecule has 0 spiro atoms. The van der Waals surface area contributed by atoms with Gasteiger partial charge in [0, 0.05) is 25.5 Å². The predicted molar refractivity (Wildman–Crippen MR) is 83.3 cm³/mol. The van der Waals surface area contributed by atoms with Gasteiger partial charge in [-0.15, -0.1) is 0 Å². The number of benzene rings is 1. The van der Waals surface area contributed by atoms with Crippen LogP contribution in [0.25, 0.3) is 0 Å². The van der Waals surface area contributed by atoms with Gasteiger partial charge in [-0.3, -0.25) is 4.90 Å². The van der Waals surface area contributed by atoms with E-state index in [0.717, 1.165) is 31.1 Å². The van der Waals surface area contributed by atoms with Crippen LogP contribution in [0.1, 0.15) is 24.2 Å². The smallest absolute Gasteiger partial charge is 0.122 e. The van der Waals surface area contributed by atoms with E-state index in [4.69, 9.17) is 4.74 Å². The largest absolute Gasteiger partial charge is 0.496 e. The fourth-order valence-corrected chi connectivity index (χ4v) is 3.19. The van der Waals surface area contributed by atoms with Crippen LogP contribution in [-0.4, -0.2) is 34.1 Å². The summed E-state index contributed by atoms with van der Waals surface area (Å²) in [6.07, 6.45) is 7.46. The minimum atomic E-state index is 0.581. The third kappa shape index (κ3) is 3.10. The van der Waals surface area contributed by atoms with E-state index in [1.165, 1.54) is 18.4 Å². The Hall–Kier alpha value is -1.81. The summed E-state index contributed by atoms with van der Waals surface area (Å²) in [4.78, 5) is 7.00. The first-order valence-electron chi connectivity index (χ1n) is 7.60. The van der Waals surface area contributed by atoms with E-state index in [2.05, 4.69) is 33.6 Å². The van der Waals surface area contributed by atoms with E-state index in [1.807, 2.05) is 24.5 Å². The fourth-order valence-electron chi connectivity index (χ4n) is 3.19. The Bertz CT molecular complexity index is 593. The van der Waals surface area contributed by atoms with Crippen molar-refractivity contribution in [3.05, 3.63) is 48.0 Å². The Morgan fingerprint density at radius 3 is 2.95 bits per heavy atom. The number of aromatic nitrogens is 2. The first kappa shape index (κ1) is 14.1. The third-order valence-corrected chi connectivity index (χ3v) is 4.41. The summed E-state index contributed by atoms with van der Waals surface area (Å²) >= 11 is 0. The topological polar surface area (TPSA) is 30.3 Å². The molecule has 0 bridgehead atoms. The number of nitrogens with zero attached hydrogens (tertiary/aromatic N) is 3. The maximum atomic E-state index is 5.48. The molecule has 0 radical (unpaired) electrons. The molecule has 1 fully saturated rings. The normalized spacial score (nSPS) is 19.0. The second-order valence-corrected chi connectivity index (χ2v) is 5.74. The molecule has 3 rings (SSSR count). The number of rotatable bonds is 5.